The van der Waals surface area contributed by atoms with Crippen LogP contribution in [0.4, 0.5) is 17.6 Å². The molecule has 0 bridgehead atoms. The maximum absolute atomic E-state index is 13.5. The summed E-state index contributed by atoms with van der Waals surface area (Å²) in [6, 6.07) is 5.90. The van der Waals surface area contributed by atoms with E-state index >= 15 is 0 Å². The Hall–Kier alpha value is -2.64. The number of hydrogen-bond donors (Lipinski definition) is 2. The third-order valence-electron chi connectivity index (χ3n) is 3.99. The fourth-order valence-corrected chi connectivity index (χ4v) is 2.63. The maximum atomic E-state index is 13.5. The molecule has 0 atom stereocenters. The van der Waals surface area contributed by atoms with Gasteiger partial charge >= 0.3 is 6.61 Å². The van der Waals surface area contributed by atoms with Crippen molar-refractivity contribution in [2.45, 2.75) is 13.2 Å². The largest absolute Gasteiger partial charge is 0.489 e. The number of fused-ring (bicyclic) bond motifs is 1. The van der Waals surface area contributed by atoms with Gasteiger partial charge in [-0.25, -0.2) is 8.78 Å². The molecule has 0 spiro atoms. The number of rotatable bonds is 8. The second kappa shape index (κ2) is 11.7. The smallest absolute Gasteiger partial charge is 0.387 e. The number of ether oxygens (including phenoxy) is 4. The molecule has 0 unspecified atom stereocenters. The third kappa shape index (κ3) is 6.94. The Morgan fingerprint density at radius 1 is 1.10 bits per heavy atom. The number of nitrogens with zero attached hydrogens (tertiary/aromatic N) is 1. The number of aliphatic imine (C=N–C) groups is 1. The van der Waals surface area contributed by atoms with Gasteiger partial charge < -0.3 is 29.6 Å². The Balaban J connectivity index is 0.00000341. The van der Waals surface area contributed by atoms with Gasteiger partial charge in [0.1, 0.15) is 18.2 Å². The number of nitrogens with one attached hydrogen (secondary N) is 2. The summed E-state index contributed by atoms with van der Waals surface area (Å²) in [6.45, 7) is -2.57. The third-order valence-corrected chi connectivity index (χ3v) is 3.99. The van der Waals surface area contributed by atoms with Gasteiger partial charge in [0.05, 0.1) is 6.54 Å². The van der Waals surface area contributed by atoms with Crippen LogP contribution in [0.5, 0.6) is 23.0 Å². The summed E-state index contributed by atoms with van der Waals surface area (Å²) in [5, 5.41) is 5.87. The van der Waals surface area contributed by atoms with E-state index in [1.165, 1.54) is 19.2 Å². The number of halogens is 5. The van der Waals surface area contributed by atoms with Crippen LogP contribution in [0.15, 0.2) is 35.3 Å². The monoisotopic (exact) mass is 557 g/mol. The van der Waals surface area contributed by atoms with Crippen molar-refractivity contribution in [3.8, 4) is 23.0 Å². The highest BCUT2D eigenvalue weighted by Gasteiger charge is 2.20. The van der Waals surface area contributed by atoms with Gasteiger partial charge in [-0.15, -0.1) is 24.0 Å². The van der Waals surface area contributed by atoms with Crippen LogP contribution < -0.4 is 29.6 Å². The molecule has 0 fully saturated rings. The molecule has 31 heavy (non-hydrogen) atoms. The van der Waals surface area contributed by atoms with E-state index in [1.54, 1.807) is 6.07 Å². The molecule has 1 aliphatic heterocycles. The molecule has 1 heterocycles. The molecule has 0 aromatic heterocycles. The molecule has 0 saturated heterocycles. The number of benzene rings is 2. The van der Waals surface area contributed by atoms with Crippen LogP contribution in [0.3, 0.4) is 0 Å². The molecule has 0 saturated carbocycles. The lowest BCUT2D eigenvalue weighted by atomic mass is 10.1. The maximum Gasteiger partial charge on any atom is 0.387 e. The van der Waals surface area contributed by atoms with Crippen molar-refractivity contribution in [1.29, 1.82) is 0 Å². The lowest BCUT2D eigenvalue weighted by Gasteiger charge is -2.15. The topological polar surface area (TPSA) is 73.3 Å². The molecule has 3 rings (SSSR count). The number of hydrogen-bond acceptors (Lipinski definition) is 5. The van der Waals surface area contributed by atoms with Crippen molar-refractivity contribution in [3.05, 3.63) is 47.5 Å². The van der Waals surface area contributed by atoms with Crippen molar-refractivity contribution in [2.75, 3.05) is 27.0 Å². The highest BCUT2D eigenvalue weighted by Crippen LogP contribution is 2.38. The lowest BCUT2D eigenvalue weighted by molar-refractivity contribution is -0.0505. The molecular weight excluding hydrogens is 537 g/mol. The average molecular weight is 557 g/mol. The Bertz CT molecular complexity index is 918. The number of alkyl halides is 2. The first-order valence-electron chi connectivity index (χ1n) is 8.86. The van der Waals surface area contributed by atoms with Gasteiger partial charge in [-0.05, 0) is 18.2 Å². The van der Waals surface area contributed by atoms with Crippen molar-refractivity contribution in [3.63, 3.8) is 0 Å². The van der Waals surface area contributed by atoms with Gasteiger partial charge in [-0.1, -0.05) is 0 Å². The van der Waals surface area contributed by atoms with Crippen LogP contribution in [0.1, 0.15) is 5.56 Å². The van der Waals surface area contributed by atoms with E-state index in [1.807, 2.05) is 0 Å². The highest BCUT2D eigenvalue weighted by atomic mass is 127. The first-order valence-corrected chi connectivity index (χ1v) is 8.86. The molecule has 0 aliphatic carbocycles. The zero-order valence-electron chi connectivity index (χ0n) is 16.3. The predicted molar refractivity (Wildman–Crippen MR) is 115 cm³/mol. The van der Waals surface area contributed by atoms with Crippen molar-refractivity contribution in [2.24, 2.45) is 4.99 Å². The van der Waals surface area contributed by atoms with E-state index < -0.39 is 18.2 Å². The summed E-state index contributed by atoms with van der Waals surface area (Å²) in [6.07, 6.45) is 0. The molecule has 2 aromatic carbocycles. The Morgan fingerprint density at radius 3 is 2.52 bits per heavy atom. The highest BCUT2D eigenvalue weighted by molar-refractivity contribution is 14.0. The Morgan fingerprint density at radius 2 is 1.84 bits per heavy atom. The summed E-state index contributed by atoms with van der Waals surface area (Å²) >= 11 is 0. The quantitative estimate of drug-likeness (QED) is 0.170. The molecule has 7 nitrogen and oxygen atoms in total. The van der Waals surface area contributed by atoms with Gasteiger partial charge in [0.25, 0.3) is 0 Å². The van der Waals surface area contributed by atoms with E-state index in [0.29, 0.717) is 23.0 Å². The fraction of sp³-hybridized carbons (Fsp3) is 0.316. The summed E-state index contributed by atoms with van der Waals surface area (Å²) in [5.41, 5.74) is 0.409. The van der Waals surface area contributed by atoms with Gasteiger partial charge in [-0.2, -0.15) is 8.78 Å². The van der Waals surface area contributed by atoms with Crippen molar-refractivity contribution >= 4 is 29.9 Å². The van der Waals surface area contributed by atoms with Crippen LogP contribution in [0.25, 0.3) is 0 Å². The Kier molecular flexibility index (Phi) is 9.27. The second-order valence-corrected chi connectivity index (χ2v) is 5.97. The molecule has 12 heteroatoms. The molecular formula is C19H20F4IN3O4. The lowest BCUT2D eigenvalue weighted by Crippen LogP contribution is -2.39. The van der Waals surface area contributed by atoms with Crippen LogP contribution in [0, 0.1) is 11.6 Å². The van der Waals surface area contributed by atoms with E-state index in [-0.39, 0.29) is 62.0 Å². The van der Waals surface area contributed by atoms with Gasteiger partial charge in [-0.3, -0.25) is 4.99 Å². The van der Waals surface area contributed by atoms with Crippen LogP contribution in [-0.4, -0.2) is 39.6 Å². The van der Waals surface area contributed by atoms with Crippen molar-refractivity contribution in [1.82, 2.24) is 10.6 Å². The summed E-state index contributed by atoms with van der Waals surface area (Å²) in [5.74, 6) is -0.525. The zero-order chi connectivity index (χ0) is 21.5. The van der Waals surface area contributed by atoms with Gasteiger partial charge in [0.15, 0.2) is 29.0 Å². The van der Waals surface area contributed by atoms with Gasteiger partial charge in [0, 0.05) is 31.3 Å². The first kappa shape index (κ1) is 24.6. The van der Waals surface area contributed by atoms with Crippen LogP contribution in [-0.2, 0) is 6.54 Å². The number of guanidine groups is 1. The summed E-state index contributed by atoms with van der Waals surface area (Å²) < 4.78 is 72.0. The minimum Gasteiger partial charge on any atom is -0.489 e. The van der Waals surface area contributed by atoms with Crippen LogP contribution in [0.2, 0.25) is 0 Å². The van der Waals surface area contributed by atoms with E-state index in [0.717, 1.165) is 12.1 Å². The molecule has 1 aliphatic rings. The predicted octanol–water partition coefficient (Wildman–Crippen LogP) is 3.66. The molecule has 0 amide bonds. The first-order chi connectivity index (χ1) is 14.5. The SMILES string of the molecule is CN=C(NCCOc1ccc(F)cc1F)NCc1cc2c(cc1OC(F)F)OCO2.I. The van der Waals surface area contributed by atoms with E-state index in [4.69, 9.17) is 14.2 Å². The van der Waals surface area contributed by atoms with Crippen molar-refractivity contribution < 1.29 is 36.5 Å². The minimum atomic E-state index is -2.99. The summed E-state index contributed by atoms with van der Waals surface area (Å²) in [7, 11) is 1.52. The zero-order valence-corrected chi connectivity index (χ0v) is 18.6. The molecule has 170 valence electrons. The van der Waals surface area contributed by atoms with Crippen LogP contribution >= 0.6 is 24.0 Å². The Labute approximate surface area is 192 Å². The normalized spacial score (nSPS) is 12.4. The second-order valence-electron chi connectivity index (χ2n) is 5.97. The standard InChI is InChI=1S/C19H19F4N3O4.HI/c1-24-19(25-4-5-27-14-3-2-12(20)7-13(14)21)26-9-11-6-16-17(29-10-28-16)8-15(11)30-18(22)23;/h2-3,6-8,18H,4-5,9-10H2,1H3,(H2,24,25,26);1H. The molecule has 0 radical (unpaired) electrons. The van der Waals surface area contributed by atoms with E-state index in [2.05, 4.69) is 20.4 Å². The fourth-order valence-electron chi connectivity index (χ4n) is 2.63. The molecule has 2 aromatic rings. The molecule has 2 N–H and O–H groups in total. The summed E-state index contributed by atoms with van der Waals surface area (Å²) in [4.78, 5) is 4.01. The average Bonchev–Trinajstić information content (AvgIpc) is 3.15. The minimum absolute atomic E-state index is 0. The van der Waals surface area contributed by atoms with Gasteiger partial charge in [0.2, 0.25) is 6.79 Å². The van der Waals surface area contributed by atoms with E-state index in [9.17, 15) is 17.6 Å².